The Morgan fingerprint density at radius 2 is 2.20 bits per heavy atom. The van der Waals surface area contributed by atoms with E-state index in [1.54, 1.807) is 18.3 Å². The predicted octanol–water partition coefficient (Wildman–Crippen LogP) is 4.28. The molecule has 3 aromatic rings. The lowest BCUT2D eigenvalue weighted by atomic mass is 10.0. The first-order chi connectivity index (χ1) is 12.2. The number of halogens is 1. The Bertz CT molecular complexity index is 877. The molecular formula is C17H15FN4O2S. The molecule has 0 saturated heterocycles. The largest absolute Gasteiger partial charge is 0.440 e. The Morgan fingerprint density at radius 3 is 2.96 bits per heavy atom. The molecule has 2 aromatic heterocycles. The van der Waals surface area contributed by atoms with Crippen molar-refractivity contribution in [1.82, 2.24) is 14.5 Å². The van der Waals surface area contributed by atoms with Gasteiger partial charge in [0.15, 0.2) is 5.13 Å². The number of carbonyl (C=O) groups excluding carboxylic acids is 1. The van der Waals surface area contributed by atoms with Crippen LogP contribution in [-0.4, -0.2) is 20.6 Å². The summed E-state index contributed by atoms with van der Waals surface area (Å²) in [5, 5.41) is 3.89. The highest BCUT2D eigenvalue weighted by atomic mass is 32.1. The lowest BCUT2D eigenvalue weighted by Crippen LogP contribution is -2.18. The maximum atomic E-state index is 13.0. The number of nitrogens with one attached hydrogen (secondary N) is 1. The summed E-state index contributed by atoms with van der Waals surface area (Å²) in [5.41, 5.74) is 1.71. The van der Waals surface area contributed by atoms with Gasteiger partial charge in [0.1, 0.15) is 18.2 Å². The van der Waals surface area contributed by atoms with Crippen LogP contribution in [0, 0.1) is 5.82 Å². The average molecular weight is 358 g/mol. The van der Waals surface area contributed by atoms with E-state index in [1.165, 1.54) is 40.6 Å². The van der Waals surface area contributed by atoms with Gasteiger partial charge >= 0.3 is 6.09 Å². The fraction of sp³-hybridized carbons (Fsp3) is 0.235. The zero-order valence-electron chi connectivity index (χ0n) is 13.2. The lowest BCUT2D eigenvalue weighted by molar-refractivity contribution is 0.0904. The molecule has 25 heavy (non-hydrogen) atoms. The van der Waals surface area contributed by atoms with E-state index in [9.17, 15) is 9.18 Å². The molecule has 6 nitrogen and oxygen atoms in total. The van der Waals surface area contributed by atoms with Crippen LogP contribution in [-0.2, 0) is 11.2 Å². The van der Waals surface area contributed by atoms with Gasteiger partial charge in [-0.2, -0.15) is 0 Å². The molecule has 0 saturated carbocycles. The molecule has 1 aliphatic carbocycles. The number of fused-ring (bicyclic) bond motifs is 1. The first-order valence-electron chi connectivity index (χ1n) is 7.90. The Hall–Kier alpha value is -2.74. The summed E-state index contributed by atoms with van der Waals surface area (Å²) in [6.07, 6.45) is 6.29. The molecular weight excluding hydrogens is 343 g/mol. The Labute approximate surface area is 147 Å². The van der Waals surface area contributed by atoms with Gasteiger partial charge in [-0.15, -0.1) is 0 Å². The van der Waals surface area contributed by atoms with Gasteiger partial charge in [-0.3, -0.25) is 0 Å². The van der Waals surface area contributed by atoms with Crippen molar-refractivity contribution in [2.75, 3.05) is 5.32 Å². The van der Waals surface area contributed by atoms with E-state index in [-0.39, 0.29) is 11.9 Å². The van der Waals surface area contributed by atoms with Gasteiger partial charge in [-0.25, -0.2) is 23.7 Å². The molecule has 128 valence electrons. The first kappa shape index (κ1) is 15.8. The van der Waals surface area contributed by atoms with E-state index in [0.717, 1.165) is 35.5 Å². The molecule has 1 unspecified atom stereocenters. The zero-order valence-corrected chi connectivity index (χ0v) is 14.0. The Balaban J connectivity index is 1.52. The van der Waals surface area contributed by atoms with Gasteiger partial charge in [-0.1, -0.05) is 11.3 Å². The number of imidazole rings is 1. The van der Waals surface area contributed by atoms with Crippen LogP contribution in [0.1, 0.15) is 29.5 Å². The molecule has 0 fully saturated rings. The average Bonchev–Trinajstić information content (AvgIpc) is 3.27. The van der Waals surface area contributed by atoms with Gasteiger partial charge in [-0.05, 0) is 43.5 Å². The molecule has 1 aliphatic rings. The second-order valence-corrected chi connectivity index (χ2v) is 6.73. The van der Waals surface area contributed by atoms with Crippen LogP contribution in [0.4, 0.5) is 20.0 Å². The number of anilines is 2. The summed E-state index contributed by atoms with van der Waals surface area (Å²) in [5.74, 6) is -0.282. The van der Waals surface area contributed by atoms with Gasteiger partial charge in [0.2, 0.25) is 0 Å². The number of nitrogens with zero attached hydrogens (tertiary/aromatic N) is 3. The van der Waals surface area contributed by atoms with Gasteiger partial charge in [0.25, 0.3) is 0 Å². The Morgan fingerprint density at radius 1 is 1.36 bits per heavy atom. The number of thiazole rings is 1. The number of ether oxygens (including phenoxy) is 1. The van der Waals surface area contributed by atoms with Crippen molar-refractivity contribution >= 4 is 28.2 Å². The smallest absolute Gasteiger partial charge is 0.419 e. The molecule has 1 aromatic carbocycles. The minimum Gasteiger partial charge on any atom is -0.440 e. The minimum atomic E-state index is -0.447. The quantitative estimate of drug-likeness (QED) is 0.757. The molecule has 2 heterocycles. The van der Waals surface area contributed by atoms with Crippen molar-refractivity contribution in [3.8, 4) is 0 Å². The molecule has 0 radical (unpaired) electrons. The number of hydrogen-bond donors (Lipinski definition) is 1. The third kappa shape index (κ3) is 3.39. The highest BCUT2D eigenvalue weighted by Crippen LogP contribution is 2.39. The van der Waals surface area contributed by atoms with E-state index in [4.69, 9.17) is 4.74 Å². The molecule has 1 atom stereocenters. The van der Waals surface area contributed by atoms with E-state index in [1.807, 2.05) is 0 Å². The highest BCUT2D eigenvalue weighted by Gasteiger charge is 2.28. The molecule has 1 N–H and O–H groups in total. The third-order valence-corrected chi connectivity index (χ3v) is 5.06. The van der Waals surface area contributed by atoms with Crippen LogP contribution >= 0.6 is 11.3 Å². The van der Waals surface area contributed by atoms with Crippen LogP contribution in [0.2, 0.25) is 0 Å². The number of carbonyl (C=O) groups is 1. The number of rotatable bonds is 3. The maximum Gasteiger partial charge on any atom is 0.419 e. The summed E-state index contributed by atoms with van der Waals surface area (Å²) in [4.78, 5) is 21.6. The summed E-state index contributed by atoms with van der Waals surface area (Å²) in [6.45, 7) is 0. The molecule has 0 aliphatic heterocycles. The van der Waals surface area contributed by atoms with E-state index < -0.39 is 6.09 Å². The fourth-order valence-corrected chi connectivity index (χ4v) is 3.85. The summed E-state index contributed by atoms with van der Waals surface area (Å²) in [6, 6.07) is 6.11. The second kappa shape index (κ2) is 6.64. The topological polar surface area (TPSA) is 69.0 Å². The number of hydrogen-bond acceptors (Lipinski definition) is 6. The van der Waals surface area contributed by atoms with E-state index in [0.29, 0.717) is 5.13 Å². The SMILES string of the molecule is O=C(OC1CCCc2nc(Nc3ccc(F)cc3)sc21)n1ccnc1. The van der Waals surface area contributed by atoms with Crippen LogP contribution in [0.25, 0.3) is 0 Å². The number of aryl methyl sites for hydroxylation is 1. The second-order valence-electron chi connectivity index (χ2n) is 5.70. The summed E-state index contributed by atoms with van der Waals surface area (Å²) < 4.78 is 19.9. The van der Waals surface area contributed by atoms with Gasteiger partial charge in [0.05, 0.1) is 10.6 Å². The van der Waals surface area contributed by atoms with Crippen LogP contribution in [0.3, 0.4) is 0 Å². The summed E-state index contributed by atoms with van der Waals surface area (Å²) in [7, 11) is 0. The van der Waals surface area contributed by atoms with E-state index in [2.05, 4.69) is 15.3 Å². The lowest BCUT2D eigenvalue weighted by Gasteiger charge is -2.21. The van der Waals surface area contributed by atoms with Crippen molar-refractivity contribution in [1.29, 1.82) is 0 Å². The first-order valence-corrected chi connectivity index (χ1v) is 8.72. The molecule has 0 bridgehead atoms. The number of aromatic nitrogens is 3. The van der Waals surface area contributed by atoms with Crippen molar-refractivity contribution < 1.29 is 13.9 Å². The highest BCUT2D eigenvalue weighted by molar-refractivity contribution is 7.15. The Kier molecular flexibility index (Phi) is 4.19. The van der Waals surface area contributed by atoms with Crippen LogP contribution in [0.5, 0.6) is 0 Å². The maximum absolute atomic E-state index is 13.0. The standard InChI is InChI=1S/C17H15FN4O2S/c18-11-4-6-12(7-5-11)20-16-21-13-2-1-3-14(15(13)25-16)24-17(23)22-9-8-19-10-22/h4-10,14H,1-3H2,(H,20,21). The molecule has 4 rings (SSSR count). The zero-order chi connectivity index (χ0) is 17.2. The monoisotopic (exact) mass is 358 g/mol. The van der Waals surface area contributed by atoms with Crippen molar-refractivity contribution in [3.05, 3.63) is 59.4 Å². The van der Waals surface area contributed by atoms with Gasteiger partial charge < -0.3 is 10.1 Å². The van der Waals surface area contributed by atoms with E-state index >= 15 is 0 Å². The molecule has 0 spiro atoms. The van der Waals surface area contributed by atoms with Gasteiger partial charge in [0, 0.05) is 18.1 Å². The minimum absolute atomic E-state index is 0.282. The summed E-state index contributed by atoms with van der Waals surface area (Å²) >= 11 is 1.46. The fourth-order valence-electron chi connectivity index (χ4n) is 2.75. The molecule has 8 heteroatoms. The molecule has 0 amide bonds. The van der Waals surface area contributed by atoms with Crippen molar-refractivity contribution in [2.45, 2.75) is 25.4 Å². The normalized spacial score (nSPS) is 16.3. The predicted molar refractivity (Wildman–Crippen MR) is 91.6 cm³/mol. The van der Waals surface area contributed by atoms with Crippen LogP contribution in [0.15, 0.2) is 43.0 Å². The number of benzene rings is 1. The van der Waals surface area contributed by atoms with Crippen LogP contribution < -0.4 is 5.32 Å². The van der Waals surface area contributed by atoms with Crippen molar-refractivity contribution in [3.63, 3.8) is 0 Å². The van der Waals surface area contributed by atoms with Crippen molar-refractivity contribution in [2.24, 2.45) is 0 Å². The third-order valence-electron chi connectivity index (χ3n) is 3.95.